The molecule has 0 bridgehead atoms. The van der Waals surface area contributed by atoms with Crippen LogP contribution in [0.2, 0.25) is 0 Å². The average Bonchev–Trinajstić information content (AvgIpc) is 2.61. The van der Waals surface area contributed by atoms with Crippen LogP contribution in [0.15, 0.2) is 54.9 Å². The Morgan fingerprint density at radius 1 is 1.25 bits per heavy atom. The Kier molecular flexibility index (Phi) is 4.82. The molecule has 0 aliphatic heterocycles. The maximum atomic E-state index is 12.7. The van der Waals surface area contributed by atoms with Gasteiger partial charge in [-0.1, -0.05) is 18.2 Å². The second kappa shape index (κ2) is 7.19. The number of carbonyl (C=O) groups is 1. The number of pyridine rings is 2. The normalized spacial score (nSPS) is 12.1. The second-order valence-electron chi connectivity index (χ2n) is 5.64. The van der Waals surface area contributed by atoms with Crippen molar-refractivity contribution in [2.45, 2.75) is 13.0 Å². The Morgan fingerprint density at radius 3 is 2.83 bits per heavy atom. The fraction of sp³-hybridized carbons (Fsp3) is 0.211. The summed E-state index contributed by atoms with van der Waals surface area (Å²) in [5, 5.41) is 3.79. The van der Waals surface area contributed by atoms with Crippen molar-refractivity contribution in [3.05, 3.63) is 60.4 Å². The first-order chi connectivity index (χ1) is 11.7. The van der Waals surface area contributed by atoms with Crippen LogP contribution in [0.5, 0.6) is 0 Å². The molecule has 2 heterocycles. The predicted molar refractivity (Wildman–Crippen MR) is 93.8 cm³/mol. The van der Waals surface area contributed by atoms with Crippen LogP contribution >= 0.6 is 0 Å². The van der Waals surface area contributed by atoms with Crippen molar-refractivity contribution in [3.8, 4) is 11.3 Å². The van der Waals surface area contributed by atoms with E-state index in [0.717, 1.165) is 22.2 Å². The third kappa shape index (κ3) is 3.41. The number of aromatic nitrogens is 2. The highest BCUT2D eigenvalue weighted by molar-refractivity contribution is 6.07. The number of nitrogens with zero attached hydrogens (tertiary/aromatic N) is 2. The van der Waals surface area contributed by atoms with Gasteiger partial charge in [-0.2, -0.15) is 0 Å². The summed E-state index contributed by atoms with van der Waals surface area (Å²) >= 11 is 0. The van der Waals surface area contributed by atoms with Crippen molar-refractivity contribution in [1.29, 1.82) is 0 Å². The van der Waals surface area contributed by atoms with E-state index in [1.54, 1.807) is 19.5 Å². The van der Waals surface area contributed by atoms with E-state index in [4.69, 9.17) is 4.74 Å². The summed E-state index contributed by atoms with van der Waals surface area (Å²) in [5.74, 6) is -0.136. The third-order valence-corrected chi connectivity index (χ3v) is 3.71. The fourth-order valence-electron chi connectivity index (χ4n) is 2.62. The number of ether oxygens (including phenoxy) is 1. The van der Waals surface area contributed by atoms with Crippen molar-refractivity contribution in [2.75, 3.05) is 13.7 Å². The number of methoxy groups -OCH3 is 1. The van der Waals surface area contributed by atoms with Crippen molar-refractivity contribution in [2.24, 2.45) is 0 Å². The van der Waals surface area contributed by atoms with Crippen LogP contribution in [0.1, 0.15) is 17.3 Å². The second-order valence-corrected chi connectivity index (χ2v) is 5.64. The smallest absolute Gasteiger partial charge is 0.252 e. The molecule has 1 amide bonds. The molecule has 5 heteroatoms. The van der Waals surface area contributed by atoms with Gasteiger partial charge in [0, 0.05) is 36.5 Å². The number of benzene rings is 1. The zero-order valence-electron chi connectivity index (χ0n) is 13.7. The summed E-state index contributed by atoms with van der Waals surface area (Å²) in [6.45, 7) is 2.37. The number of rotatable bonds is 5. The molecular weight excluding hydrogens is 302 g/mol. The summed E-state index contributed by atoms with van der Waals surface area (Å²) in [5.41, 5.74) is 2.99. The molecule has 5 nitrogen and oxygen atoms in total. The molecule has 3 rings (SSSR count). The zero-order valence-corrected chi connectivity index (χ0v) is 13.7. The molecule has 0 saturated heterocycles. The Labute approximate surface area is 140 Å². The predicted octanol–water partition coefficient (Wildman–Crippen LogP) is 3.06. The van der Waals surface area contributed by atoms with E-state index < -0.39 is 0 Å². The number of hydrogen-bond donors (Lipinski definition) is 1. The van der Waals surface area contributed by atoms with Crippen LogP contribution in [0.3, 0.4) is 0 Å². The number of carbonyl (C=O) groups excluding carboxylic acids is 1. The van der Waals surface area contributed by atoms with Crippen molar-refractivity contribution in [1.82, 2.24) is 15.3 Å². The summed E-state index contributed by atoms with van der Waals surface area (Å²) in [6.07, 6.45) is 3.46. The summed E-state index contributed by atoms with van der Waals surface area (Å²) < 4.78 is 5.09. The van der Waals surface area contributed by atoms with Gasteiger partial charge >= 0.3 is 0 Å². The molecular formula is C19H19N3O2. The lowest BCUT2D eigenvalue weighted by Gasteiger charge is -2.14. The van der Waals surface area contributed by atoms with Gasteiger partial charge < -0.3 is 10.1 Å². The quantitative estimate of drug-likeness (QED) is 0.784. The molecule has 1 atom stereocenters. The monoisotopic (exact) mass is 321 g/mol. The molecule has 0 spiro atoms. The average molecular weight is 321 g/mol. The summed E-state index contributed by atoms with van der Waals surface area (Å²) in [4.78, 5) is 21.5. The first-order valence-corrected chi connectivity index (χ1v) is 7.79. The van der Waals surface area contributed by atoms with Gasteiger partial charge in [0.1, 0.15) is 0 Å². The first-order valence-electron chi connectivity index (χ1n) is 7.79. The number of hydrogen-bond acceptors (Lipinski definition) is 4. The Morgan fingerprint density at radius 2 is 2.08 bits per heavy atom. The molecule has 2 aromatic heterocycles. The van der Waals surface area contributed by atoms with Crippen LogP contribution in [0.4, 0.5) is 0 Å². The van der Waals surface area contributed by atoms with E-state index in [1.165, 1.54) is 0 Å². The van der Waals surface area contributed by atoms with Crippen molar-refractivity contribution < 1.29 is 9.53 Å². The van der Waals surface area contributed by atoms with E-state index >= 15 is 0 Å². The molecule has 0 saturated carbocycles. The SMILES string of the molecule is COCC(C)NC(=O)c1cc(-c2cccnc2)nc2ccccc12. The van der Waals surface area contributed by atoms with Crippen LogP contribution < -0.4 is 5.32 Å². The van der Waals surface area contributed by atoms with Gasteiger partial charge in [-0.05, 0) is 31.2 Å². The lowest BCUT2D eigenvalue weighted by atomic mass is 10.0. The Bertz CT molecular complexity index is 850. The minimum Gasteiger partial charge on any atom is -0.383 e. The standard InChI is InChI=1S/C19H19N3O2/c1-13(12-24-2)21-19(23)16-10-18(14-6-5-9-20-11-14)22-17-8-4-3-7-15(16)17/h3-11,13H,12H2,1-2H3,(H,21,23). The topological polar surface area (TPSA) is 64.1 Å². The van der Waals surface area contributed by atoms with Crippen LogP contribution in [-0.4, -0.2) is 35.6 Å². The summed E-state index contributed by atoms with van der Waals surface area (Å²) in [7, 11) is 1.62. The van der Waals surface area contributed by atoms with Crippen LogP contribution in [0.25, 0.3) is 22.2 Å². The van der Waals surface area contributed by atoms with Gasteiger partial charge in [-0.3, -0.25) is 9.78 Å². The lowest BCUT2D eigenvalue weighted by Crippen LogP contribution is -2.35. The van der Waals surface area contributed by atoms with Crippen LogP contribution in [0, 0.1) is 0 Å². The van der Waals surface area contributed by atoms with Gasteiger partial charge in [0.25, 0.3) is 5.91 Å². The molecule has 0 aliphatic rings. The highest BCUT2D eigenvalue weighted by Gasteiger charge is 2.15. The van der Waals surface area contributed by atoms with Gasteiger partial charge in [0.15, 0.2) is 0 Å². The Hall–Kier alpha value is -2.79. The maximum absolute atomic E-state index is 12.7. The van der Waals surface area contributed by atoms with Crippen molar-refractivity contribution >= 4 is 16.8 Å². The van der Waals surface area contributed by atoms with E-state index in [0.29, 0.717) is 12.2 Å². The fourth-order valence-corrected chi connectivity index (χ4v) is 2.62. The molecule has 122 valence electrons. The Balaban J connectivity index is 2.06. The van der Waals surface area contributed by atoms with E-state index in [1.807, 2.05) is 49.4 Å². The molecule has 0 radical (unpaired) electrons. The number of para-hydroxylation sites is 1. The zero-order chi connectivity index (χ0) is 16.9. The summed E-state index contributed by atoms with van der Waals surface area (Å²) in [6, 6.07) is 13.2. The van der Waals surface area contributed by atoms with Crippen molar-refractivity contribution in [3.63, 3.8) is 0 Å². The third-order valence-electron chi connectivity index (χ3n) is 3.71. The molecule has 1 unspecified atom stereocenters. The highest BCUT2D eigenvalue weighted by atomic mass is 16.5. The largest absolute Gasteiger partial charge is 0.383 e. The molecule has 3 aromatic rings. The minimum atomic E-state index is -0.136. The van der Waals surface area contributed by atoms with E-state index in [-0.39, 0.29) is 11.9 Å². The number of amides is 1. The highest BCUT2D eigenvalue weighted by Crippen LogP contribution is 2.24. The van der Waals surface area contributed by atoms with Gasteiger partial charge in [0.2, 0.25) is 0 Å². The minimum absolute atomic E-state index is 0.0729. The van der Waals surface area contributed by atoms with E-state index in [2.05, 4.69) is 15.3 Å². The van der Waals surface area contributed by atoms with E-state index in [9.17, 15) is 4.79 Å². The van der Waals surface area contributed by atoms with Gasteiger partial charge in [-0.25, -0.2) is 4.98 Å². The van der Waals surface area contributed by atoms with Gasteiger partial charge in [-0.15, -0.1) is 0 Å². The number of fused-ring (bicyclic) bond motifs is 1. The molecule has 24 heavy (non-hydrogen) atoms. The first kappa shape index (κ1) is 16.1. The molecule has 1 N–H and O–H groups in total. The molecule has 0 fully saturated rings. The van der Waals surface area contributed by atoms with Gasteiger partial charge in [0.05, 0.1) is 23.4 Å². The molecule has 1 aromatic carbocycles. The van der Waals surface area contributed by atoms with Crippen LogP contribution in [-0.2, 0) is 4.74 Å². The molecule has 0 aliphatic carbocycles. The maximum Gasteiger partial charge on any atom is 0.252 e. The number of nitrogens with one attached hydrogen (secondary N) is 1. The lowest BCUT2D eigenvalue weighted by molar-refractivity contribution is 0.0907.